The maximum absolute atomic E-state index is 11.8. The van der Waals surface area contributed by atoms with Crippen LogP contribution in [0.25, 0.3) is 20.1 Å². The summed E-state index contributed by atoms with van der Waals surface area (Å²) in [5.41, 5.74) is 4.27. The van der Waals surface area contributed by atoms with Crippen molar-refractivity contribution in [3.8, 4) is 0 Å². The average molecular weight is 434 g/mol. The van der Waals surface area contributed by atoms with Gasteiger partial charge in [-0.2, -0.15) is 9.69 Å². The highest BCUT2D eigenvalue weighted by Gasteiger charge is 2.37. The minimum atomic E-state index is -0.487. The van der Waals surface area contributed by atoms with Crippen LogP contribution >= 0.6 is 0 Å². The molecule has 3 rings (SSSR count). The molecule has 162 valence electrons. The minimum absolute atomic E-state index is 0.176. The first-order valence-electron chi connectivity index (χ1n) is 10.1. The number of anilines is 1. The van der Waals surface area contributed by atoms with Crippen molar-refractivity contribution in [2.75, 3.05) is 19.1 Å². The van der Waals surface area contributed by atoms with Crippen LogP contribution in [0.2, 0.25) is 0 Å². The Hall–Kier alpha value is -4.60. The SMILES string of the molecule is [C-]#[N+]C(=CC=C1N(C)c2ccccc2C1(C)C)C(=C([N+]#[C-])[N+]#[C-])c1ccc(C(=O)OC)cc1. The van der Waals surface area contributed by atoms with Crippen LogP contribution < -0.4 is 4.90 Å². The number of hydrogen-bond acceptors (Lipinski definition) is 3. The summed E-state index contributed by atoms with van der Waals surface area (Å²) < 4.78 is 4.73. The Labute approximate surface area is 194 Å². The van der Waals surface area contributed by atoms with Crippen LogP contribution in [0.1, 0.15) is 35.3 Å². The Morgan fingerprint density at radius 3 is 2.12 bits per heavy atom. The van der Waals surface area contributed by atoms with Gasteiger partial charge in [-0.3, -0.25) is 0 Å². The van der Waals surface area contributed by atoms with Gasteiger partial charge in [0.05, 0.1) is 24.8 Å². The van der Waals surface area contributed by atoms with Gasteiger partial charge in [0.15, 0.2) is 5.70 Å². The van der Waals surface area contributed by atoms with Crippen LogP contribution in [0.5, 0.6) is 0 Å². The van der Waals surface area contributed by atoms with Gasteiger partial charge in [0.25, 0.3) is 0 Å². The highest BCUT2D eigenvalue weighted by atomic mass is 16.5. The van der Waals surface area contributed by atoms with Gasteiger partial charge in [0, 0.05) is 23.8 Å². The largest absolute Gasteiger partial charge is 0.516 e. The Balaban J connectivity index is 2.13. The zero-order valence-corrected chi connectivity index (χ0v) is 18.9. The van der Waals surface area contributed by atoms with Crippen molar-refractivity contribution in [1.82, 2.24) is 0 Å². The fraction of sp³-hybridized carbons (Fsp3) is 0.185. The van der Waals surface area contributed by atoms with E-state index in [2.05, 4.69) is 45.4 Å². The Morgan fingerprint density at radius 1 is 0.970 bits per heavy atom. The molecule has 33 heavy (non-hydrogen) atoms. The number of carbonyl (C=O) groups excluding carboxylic acids is 1. The maximum Gasteiger partial charge on any atom is 0.516 e. The van der Waals surface area contributed by atoms with Crippen LogP contribution in [-0.2, 0) is 10.2 Å². The summed E-state index contributed by atoms with van der Waals surface area (Å²) in [6, 6.07) is 14.5. The maximum atomic E-state index is 11.8. The molecule has 0 bridgehead atoms. The molecule has 0 atom stereocenters. The van der Waals surface area contributed by atoms with Crippen LogP contribution in [0.15, 0.2) is 77.9 Å². The fourth-order valence-corrected chi connectivity index (χ4v) is 4.06. The van der Waals surface area contributed by atoms with E-state index in [4.69, 9.17) is 24.5 Å². The number of fused-ring (bicyclic) bond motifs is 1. The Bertz CT molecular complexity index is 1310. The van der Waals surface area contributed by atoms with Gasteiger partial charge in [0.1, 0.15) is 13.1 Å². The molecular weight excluding hydrogens is 412 g/mol. The zero-order chi connectivity index (χ0) is 24.2. The third-order valence-corrected chi connectivity index (χ3v) is 5.75. The summed E-state index contributed by atoms with van der Waals surface area (Å²) >= 11 is 0. The number of methoxy groups -OCH3 is 1. The lowest BCUT2D eigenvalue weighted by Crippen LogP contribution is -2.22. The van der Waals surface area contributed by atoms with Gasteiger partial charge < -0.3 is 9.64 Å². The molecular formula is C27H22N4O2. The van der Waals surface area contributed by atoms with Gasteiger partial charge >= 0.3 is 11.8 Å². The first kappa shape index (κ1) is 23.1. The van der Waals surface area contributed by atoms with Crippen LogP contribution in [-0.4, -0.2) is 20.1 Å². The molecule has 0 radical (unpaired) electrons. The van der Waals surface area contributed by atoms with Crippen molar-refractivity contribution in [2.24, 2.45) is 0 Å². The molecule has 0 spiro atoms. The molecule has 6 heteroatoms. The first-order chi connectivity index (χ1) is 15.8. The number of carbonyl (C=O) groups is 1. The van der Waals surface area contributed by atoms with Gasteiger partial charge in [-0.05, 0) is 29.3 Å². The van der Waals surface area contributed by atoms with E-state index in [1.54, 1.807) is 30.3 Å². The third kappa shape index (κ3) is 4.13. The molecule has 1 aliphatic heterocycles. The summed E-state index contributed by atoms with van der Waals surface area (Å²) in [6.07, 6.45) is 3.54. The van der Waals surface area contributed by atoms with Crippen molar-refractivity contribution in [3.63, 3.8) is 0 Å². The number of ether oxygens (including phenoxy) is 1. The van der Waals surface area contributed by atoms with E-state index in [1.165, 1.54) is 12.7 Å². The topological polar surface area (TPSA) is 42.6 Å². The molecule has 0 amide bonds. The predicted octanol–water partition coefficient (Wildman–Crippen LogP) is 6.10. The predicted molar refractivity (Wildman–Crippen MR) is 129 cm³/mol. The van der Waals surface area contributed by atoms with Crippen molar-refractivity contribution < 1.29 is 9.53 Å². The average Bonchev–Trinajstić information content (AvgIpc) is 3.03. The first-order valence-corrected chi connectivity index (χ1v) is 10.1. The highest BCUT2D eigenvalue weighted by Crippen LogP contribution is 2.46. The third-order valence-electron chi connectivity index (χ3n) is 5.75. The molecule has 0 aliphatic carbocycles. The van der Waals surface area contributed by atoms with E-state index in [0.29, 0.717) is 11.1 Å². The lowest BCUT2D eigenvalue weighted by molar-refractivity contribution is 0.0600. The summed E-state index contributed by atoms with van der Waals surface area (Å²) in [4.78, 5) is 24.2. The molecule has 0 saturated heterocycles. The fourth-order valence-electron chi connectivity index (χ4n) is 4.06. The quantitative estimate of drug-likeness (QED) is 0.332. The number of para-hydroxylation sites is 1. The smallest absolute Gasteiger partial charge is 0.465 e. The molecule has 0 aromatic heterocycles. The van der Waals surface area contributed by atoms with Crippen LogP contribution in [0, 0.1) is 19.7 Å². The van der Waals surface area contributed by atoms with E-state index in [1.807, 2.05) is 25.3 Å². The second-order valence-corrected chi connectivity index (χ2v) is 7.91. The molecule has 0 fully saturated rings. The van der Waals surface area contributed by atoms with Gasteiger partial charge in [0.2, 0.25) is 0 Å². The molecule has 0 N–H and O–H groups in total. The van der Waals surface area contributed by atoms with Gasteiger partial charge in [-0.25, -0.2) is 9.64 Å². The highest BCUT2D eigenvalue weighted by molar-refractivity contribution is 5.91. The van der Waals surface area contributed by atoms with E-state index >= 15 is 0 Å². The molecule has 2 aromatic rings. The number of esters is 1. The normalized spacial score (nSPS) is 15.1. The number of rotatable bonds is 4. The lowest BCUT2D eigenvalue weighted by atomic mass is 9.83. The zero-order valence-electron chi connectivity index (χ0n) is 18.9. The molecule has 1 heterocycles. The van der Waals surface area contributed by atoms with Crippen molar-refractivity contribution >= 4 is 17.2 Å². The number of likely N-dealkylation sites (N-methyl/N-ethyl adjacent to an activating group) is 1. The molecule has 0 saturated carbocycles. The van der Waals surface area contributed by atoms with Crippen LogP contribution in [0.3, 0.4) is 0 Å². The molecule has 1 aliphatic rings. The van der Waals surface area contributed by atoms with Crippen molar-refractivity contribution in [2.45, 2.75) is 19.3 Å². The summed E-state index contributed by atoms with van der Waals surface area (Å²) in [6.45, 7) is 26.9. The summed E-state index contributed by atoms with van der Waals surface area (Å²) in [5, 5.41) is 0. The molecule has 6 nitrogen and oxygen atoms in total. The van der Waals surface area contributed by atoms with E-state index in [9.17, 15) is 4.79 Å². The standard InChI is InChI=1S/C27H22N4O2/c1-27(2)20-10-8-9-11-22(20)31(6)23(27)17-16-21(28-3)24(25(29-4)30-5)18-12-14-19(15-13-18)26(32)33-7/h8-17H,1-2,6-7H3. The molecule has 2 aromatic carbocycles. The minimum Gasteiger partial charge on any atom is -0.465 e. The Morgan fingerprint density at radius 2 is 1.58 bits per heavy atom. The summed E-state index contributed by atoms with van der Waals surface area (Å²) in [7, 11) is 3.28. The van der Waals surface area contributed by atoms with Crippen molar-refractivity contribution in [1.29, 1.82) is 0 Å². The number of nitrogens with zero attached hydrogens (tertiary/aromatic N) is 4. The number of benzene rings is 2. The van der Waals surface area contributed by atoms with E-state index in [0.717, 1.165) is 11.4 Å². The number of hydrogen-bond donors (Lipinski definition) is 0. The second kappa shape index (κ2) is 9.27. The monoisotopic (exact) mass is 434 g/mol. The van der Waals surface area contributed by atoms with E-state index in [-0.39, 0.29) is 22.5 Å². The molecule has 0 unspecified atom stereocenters. The Kier molecular flexibility index (Phi) is 6.48. The van der Waals surface area contributed by atoms with Gasteiger partial charge in [-0.1, -0.05) is 56.3 Å². The second-order valence-electron chi connectivity index (χ2n) is 7.91. The summed E-state index contributed by atoms with van der Waals surface area (Å²) in [5.74, 6) is -0.691. The van der Waals surface area contributed by atoms with Crippen molar-refractivity contribution in [3.05, 3.63) is 129 Å². The lowest BCUT2D eigenvalue weighted by Gasteiger charge is -2.23. The van der Waals surface area contributed by atoms with E-state index < -0.39 is 5.97 Å². The number of allylic oxidation sites excluding steroid dienone is 4. The van der Waals surface area contributed by atoms with Gasteiger partial charge in [-0.15, -0.1) is 0 Å². The van der Waals surface area contributed by atoms with Crippen LogP contribution in [0.4, 0.5) is 5.69 Å².